The lowest BCUT2D eigenvalue weighted by Crippen LogP contribution is -2.45. The highest BCUT2D eigenvalue weighted by atomic mass is 32.2. The average molecular weight is 449 g/mol. The topological polar surface area (TPSA) is 139 Å². The number of hydrogen-bond acceptors (Lipinski definition) is 6. The summed E-state index contributed by atoms with van der Waals surface area (Å²) < 4.78 is 27.4. The van der Waals surface area contributed by atoms with Crippen LogP contribution in [0.4, 0.5) is 0 Å². The summed E-state index contributed by atoms with van der Waals surface area (Å²) in [5, 5.41) is 27.7. The second-order valence-electron chi connectivity index (χ2n) is 7.32. The van der Waals surface area contributed by atoms with Crippen LogP contribution in [-0.4, -0.2) is 66.9 Å². The zero-order valence-electron chi connectivity index (χ0n) is 17.3. The molecule has 0 aromatic heterocycles. The molecule has 2 aromatic rings. The third-order valence-electron chi connectivity index (χ3n) is 5.12. The fraction of sp³-hybridized carbons (Fsp3) is 0.300. The number of carboxylic acid groups (broad SMARTS) is 1. The van der Waals surface area contributed by atoms with E-state index in [9.17, 15) is 28.2 Å². The minimum absolute atomic E-state index is 0.0927. The van der Waals surface area contributed by atoms with Gasteiger partial charge in [-0.3, -0.25) is 9.59 Å². The molecule has 0 spiro atoms. The van der Waals surface area contributed by atoms with Crippen LogP contribution in [0.15, 0.2) is 48.3 Å². The summed E-state index contributed by atoms with van der Waals surface area (Å²) in [5.41, 5.74) is -1.55. The molecule has 166 valence electrons. The van der Waals surface area contributed by atoms with Crippen LogP contribution >= 0.6 is 0 Å². The molecule has 10 nitrogen and oxygen atoms in total. The summed E-state index contributed by atoms with van der Waals surface area (Å²) in [6, 6.07) is 9.73. The lowest BCUT2D eigenvalue weighted by atomic mass is 9.86. The Hall–Kier alpha value is -3.15. The van der Waals surface area contributed by atoms with Crippen LogP contribution in [0.2, 0.25) is 0 Å². The van der Waals surface area contributed by atoms with Crippen molar-refractivity contribution in [2.45, 2.75) is 12.0 Å². The maximum Gasteiger partial charge on any atom is 0.307 e. The normalized spacial score (nSPS) is 16.0. The van der Waals surface area contributed by atoms with Gasteiger partial charge in [0.15, 0.2) is 0 Å². The summed E-state index contributed by atoms with van der Waals surface area (Å²) in [4.78, 5) is 23.5. The molecule has 0 saturated heterocycles. The Kier molecular flexibility index (Phi) is 5.94. The van der Waals surface area contributed by atoms with E-state index in [-0.39, 0.29) is 23.8 Å². The Morgan fingerprint density at radius 1 is 1.19 bits per heavy atom. The van der Waals surface area contributed by atoms with Crippen molar-refractivity contribution in [2.24, 2.45) is 0 Å². The largest absolute Gasteiger partial charge is 0.481 e. The number of rotatable bonds is 7. The number of nitrogens with one attached hydrogen (secondary N) is 2. The van der Waals surface area contributed by atoms with Crippen LogP contribution < -0.4 is 10.6 Å². The third-order valence-corrected chi connectivity index (χ3v) is 6.93. The van der Waals surface area contributed by atoms with Gasteiger partial charge in [-0.15, -0.1) is 0 Å². The predicted molar refractivity (Wildman–Crippen MR) is 114 cm³/mol. The van der Waals surface area contributed by atoms with Crippen LogP contribution in [-0.2, 0) is 20.6 Å². The van der Waals surface area contributed by atoms with Gasteiger partial charge in [0.25, 0.3) is 5.91 Å². The van der Waals surface area contributed by atoms with Crippen LogP contribution in [0.1, 0.15) is 22.3 Å². The molecule has 1 heterocycles. The Balaban J connectivity index is 2.13. The summed E-state index contributed by atoms with van der Waals surface area (Å²) in [5.74, 6) is -1.55. The standard InChI is InChI=1S/C20H24N4O6S/c1-21-19(27)15-5-4-14-9-16(7-6-13(14)8-15)20(28,10-18(25)26)17-11-22-12-24(17)31(29,30)23(2)3/h4-9,11,22,28H,10,12H2,1-3H3,(H,21,27)(H,25,26)/t20-/m0/s1. The minimum Gasteiger partial charge on any atom is -0.481 e. The number of hydrogen-bond donors (Lipinski definition) is 4. The molecule has 0 fully saturated rings. The van der Waals surface area contributed by atoms with E-state index in [0.717, 1.165) is 8.61 Å². The number of carbonyl (C=O) groups is 2. The third kappa shape index (κ3) is 4.07. The second-order valence-corrected chi connectivity index (χ2v) is 9.38. The van der Waals surface area contributed by atoms with Crippen molar-refractivity contribution < 1.29 is 28.2 Å². The second kappa shape index (κ2) is 8.17. The molecule has 1 aliphatic heterocycles. The van der Waals surface area contributed by atoms with Gasteiger partial charge in [0.2, 0.25) is 0 Å². The Morgan fingerprint density at radius 3 is 2.45 bits per heavy atom. The highest BCUT2D eigenvalue weighted by Crippen LogP contribution is 2.39. The smallest absolute Gasteiger partial charge is 0.307 e. The van der Waals surface area contributed by atoms with Crippen LogP contribution in [0.5, 0.6) is 0 Å². The first-order valence-electron chi connectivity index (χ1n) is 9.35. The van der Waals surface area contributed by atoms with E-state index in [4.69, 9.17) is 0 Å². The van der Waals surface area contributed by atoms with Crippen LogP contribution in [0.25, 0.3) is 10.8 Å². The van der Waals surface area contributed by atoms with Gasteiger partial charge < -0.3 is 20.8 Å². The Bertz CT molecular complexity index is 1180. The molecular formula is C20H24N4O6S. The number of amides is 1. The van der Waals surface area contributed by atoms with Crippen molar-refractivity contribution in [3.63, 3.8) is 0 Å². The van der Waals surface area contributed by atoms with Crippen molar-refractivity contribution >= 4 is 32.9 Å². The van der Waals surface area contributed by atoms with E-state index in [1.807, 2.05) is 0 Å². The number of aliphatic hydroxyl groups is 1. The number of carboxylic acids is 1. The Morgan fingerprint density at radius 2 is 1.84 bits per heavy atom. The van der Waals surface area contributed by atoms with Gasteiger partial charge in [-0.25, -0.2) is 4.31 Å². The highest BCUT2D eigenvalue weighted by molar-refractivity contribution is 7.86. The zero-order valence-corrected chi connectivity index (χ0v) is 18.1. The molecule has 0 aliphatic carbocycles. The van der Waals surface area contributed by atoms with Gasteiger partial charge >= 0.3 is 16.2 Å². The summed E-state index contributed by atoms with van der Waals surface area (Å²) in [6.45, 7) is -0.138. The molecule has 1 amide bonds. The molecule has 11 heteroatoms. The van der Waals surface area contributed by atoms with Crippen LogP contribution in [0.3, 0.4) is 0 Å². The molecule has 0 bridgehead atoms. The number of fused-ring (bicyclic) bond motifs is 1. The van der Waals surface area contributed by atoms with Gasteiger partial charge in [0.05, 0.1) is 12.1 Å². The molecular weight excluding hydrogens is 424 g/mol. The summed E-state index contributed by atoms with van der Waals surface area (Å²) in [7, 11) is 0.249. The first-order valence-corrected chi connectivity index (χ1v) is 10.7. The van der Waals surface area contributed by atoms with E-state index < -0.39 is 28.2 Å². The molecule has 2 aromatic carbocycles. The molecule has 4 N–H and O–H groups in total. The number of benzene rings is 2. The van der Waals surface area contributed by atoms with Crippen molar-refractivity contribution in [1.82, 2.24) is 19.2 Å². The van der Waals surface area contributed by atoms with E-state index in [1.165, 1.54) is 33.4 Å². The van der Waals surface area contributed by atoms with Gasteiger partial charge in [-0.05, 0) is 34.5 Å². The molecule has 3 rings (SSSR count). The zero-order chi connectivity index (χ0) is 23.0. The van der Waals surface area contributed by atoms with E-state index in [0.29, 0.717) is 16.3 Å². The minimum atomic E-state index is -3.97. The summed E-state index contributed by atoms with van der Waals surface area (Å²) >= 11 is 0. The highest BCUT2D eigenvalue weighted by Gasteiger charge is 2.45. The Labute approximate surface area is 179 Å². The first kappa shape index (κ1) is 22.5. The lowest BCUT2D eigenvalue weighted by molar-refractivity contribution is -0.142. The predicted octanol–water partition coefficient (Wildman–Crippen LogP) is 0.372. The van der Waals surface area contributed by atoms with Gasteiger partial charge in [0, 0.05) is 32.9 Å². The molecule has 1 aliphatic rings. The van der Waals surface area contributed by atoms with E-state index >= 15 is 0 Å². The van der Waals surface area contributed by atoms with Crippen molar-refractivity contribution in [1.29, 1.82) is 0 Å². The van der Waals surface area contributed by atoms with Gasteiger partial charge in [-0.1, -0.05) is 18.2 Å². The average Bonchev–Trinajstić information content (AvgIpc) is 3.23. The molecule has 1 atom stereocenters. The van der Waals surface area contributed by atoms with E-state index in [2.05, 4.69) is 10.6 Å². The SMILES string of the molecule is CNC(=O)c1ccc2cc([C@@](O)(CC(=O)O)C3=CNCN3S(=O)(=O)N(C)C)ccc2c1. The lowest BCUT2D eigenvalue weighted by Gasteiger charge is -2.34. The fourth-order valence-electron chi connectivity index (χ4n) is 3.46. The fourth-order valence-corrected chi connectivity index (χ4v) is 4.54. The molecule has 31 heavy (non-hydrogen) atoms. The molecule has 0 radical (unpaired) electrons. The number of aliphatic carboxylic acids is 1. The van der Waals surface area contributed by atoms with Crippen LogP contribution in [0, 0.1) is 0 Å². The van der Waals surface area contributed by atoms with Crippen molar-refractivity contribution in [3.05, 3.63) is 59.4 Å². The number of nitrogens with zero attached hydrogens (tertiary/aromatic N) is 2. The number of carbonyl (C=O) groups excluding carboxylic acids is 1. The summed E-state index contributed by atoms with van der Waals surface area (Å²) in [6.07, 6.45) is 0.560. The monoisotopic (exact) mass is 448 g/mol. The maximum atomic E-state index is 12.7. The van der Waals surface area contributed by atoms with Gasteiger partial charge in [-0.2, -0.15) is 12.7 Å². The quantitative estimate of drug-likeness (QED) is 0.480. The van der Waals surface area contributed by atoms with Crippen molar-refractivity contribution in [3.8, 4) is 0 Å². The van der Waals surface area contributed by atoms with Gasteiger partial charge in [0.1, 0.15) is 12.3 Å². The van der Waals surface area contributed by atoms with Crippen molar-refractivity contribution in [2.75, 3.05) is 27.8 Å². The molecule has 0 saturated carbocycles. The maximum absolute atomic E-state index is 12.7. The molecule has 0 unspecified atom stereocenters. The van der Waals surface area contributed by atoms with E-state index in [1.54, 1.807) is 30.3 Å². The first-order chi connectivity index (χ1) is 14.5.